The zero-order chi connectivity index (χ0) is 15.1. The molecule has 0 spiro atoms. The van der Waals surface area contributed by atoms with Crippen molar-refractivity contribution in [3.63, 3.8) is 0 Å². The Morgan fingerprint density at radius 2 is 1.43 bits per heavy atom. The average Bonchev–Trinajstić information content (AvgIpc) is 2.52. The third kappa shape index (κ3) is 5.11. The normalized spacial score (nSPS) is 34.1. The van der Waals surface area contributed by atoms with E-state index in [1.54, 1.807) is 0 Å². The summed E-state index contributed by atoms with van der Waals surface area (Å²) in [5, 5.41) is 0. The molecule has 0 N–H and O–H groups in total. The maximum Gasteiger partial charge on any atom is 0.136 e. The minimum atomic E-state index is 0.419. The lowest BCUT2D eigenvalue weighted by Crippen LogP contribution is -2.31. The SMILES string of the molecule is CCCCC1CCC([C@H]2CC[C@H](CCCC)CC2)CC1=O. The van der Waals surface area contributed by atoms with Crippen molar-refractivity contribution in [3.05, 3.63) is 0 Å². The maximum atomic E-state index is 12.4. The van der Waals surface area contributed by atoms with Gasteiger partial charge >= 0.3 is 0 Å². The first-order valence-electron chi connectivity index (χ1n) is 9.77. The molecule has 2 aliphatic carbocycles. The number of Topliss-reactive ketones (excluding diaryl/α,β-unsaturated/α-hetero) is 1. The Labute approximate surface area is 132 Å². The molecule has 21 heavy (non-hydrogen) atoms. The summed E-state index contributed by atoms with van der Waals surface area (Å²) in [4.78, 5) is 12.4. The fourth-order valence-electron chi connectivity index (χ4n) is 4.70. The minimum Gasteiger partial charge on any atom is -0.299 e. The highest BCUT2D eigenvalue weighted by atomic mass is 16.1. The van der Waals surface area contributed by atoms with Gasteiger partial charge in [0.05, 0.1) is 0 Å². The van der Waals surface area contributed by atoms with Crippen LogP contribution >= 0.6 is 0 Å². The van der Waals surface area contributed by atoms with Crippen LogP contribution in [-0.2, 0) is 4.79 Å². The zero-order valence-electron chi connectivity index (χ0n) is 14.4. The van der Waals surface area contributed by atoms with Gasteiger partial charge in [-0.3, -0.25) is 4.79 Å². The van der Waals surface area contributed by atoms with Crippen molar-refractivity contribution in [2.24, 2.45) is 23.7 Å². The molecule has 2 atom stereocenters. The first kappa shape index (κ1) is 17.0. The van der Waals surface area contributed by atoms with Crippen LogP contribution in [-0.4, -0.2) is 5.78 Å². The van der Waals surface area contributed by atoms with E-state index in [4.69, 9.17) is 0 Å². The maximum absolute atomic E-state index is 12.4. The molecule has 2 unspecified atom stereocenters. The molecule has 2 rings (SSSR count). The van der Waals surface area contributed by atoms with Crippen molar-refractivity contribution in [2.45, 2.75) is 97.3 Å². The molecule has 0 saturated heterocycles. The molecule has 0 aromatic heterocycles. The molecule has 2 aliphatic rings. The van der Waals surface area contributed by atoms with Gasteiger partial charge in [0.1, 0.15) is 5.78 Å². The number of ketones is 1. The van der Waals surface area contributed by atoms with Gasteiger partial charge in [-0.2, -0.15) is 0 Å². The molecule has 0 heterocycles. The molecular formula is C20H36O. The Morgan fingerprint density at radius 1 is 0.810 bits per heavy atom. The minimum absolute atomic E-state index is 0.419. The third-order valence-corrected chi connectivity index (χ3v) is 6.23. The lowest BCUT2D eigenvalue weighted by atomic mass is 9.68. The molecule has 0 aliphatic heterocycles. The van der Waals surface area contributed by atoms with Crippen LogP contribution in [0.2, 0.25) is 0 Å². The van der Waals surface area contributed by atoms with Crippen LogP contribution in [0.5, 0.6) is 0 Å². The van der Waals surface area contributed by atoms with E-state index < -0.39 is 0 Å². The summed E-state index contributed by atoms with van der Waals surface area (Å²) >= 11 is 0. The lowest BCUT2D eigenvalue weighted by molar-refractivity contribution is -0.127. The van der Waals surface area contributed by atoms with Crippen molar-refractivity contribution in [2.75, 3.05) is 0 Å². The molecule has 1 heteroatoms. The highest BCUT2D eigenvalue weighted by Gasteiger charge is 2.34. The van der Waals surface area contributed by atoms with Gasteiger partial charge < -0.3 is 0 Å². The summed E-state index contributed by atoms with van der Waals surface area (Å²) in [5.74, 6) is 3.63. The van der Waals surface area contributed by atoms with Gasteiger partial charge in [-0.25, -0.2) is 0 Å². The summed E-state index contributed by atoms with van der Waals surface area (Å²) < 4.78 is 0. The van der Waals surface area contributed by atoms with E-state index in [9.17, 15) is 4.79 Å². The van der Waals surface area contributed by atoms with Gasteiger partial charge in [-0.15, -0.1) is 0 Å². The number of carbonyl (C=O) groups excluding carboxylic acids is 1. The van der Waals surface area contributed by atoms with Crippen LogP contribution in [0.15, 0.2) is 0 Å². The highest BCUT2D eigenvalue weighted by molar-refractivity contribution is 5.81. The average molecular weight is 293 g/mol. The highest BCUT2D eigenvalue weighted by Crippen LogP contribution is 2.42. The van der Waals surface area contributed by atoms with Crippen LogP contribution in [0.4, 0.5) is 0 Å². The summed E-state index contributed by atoms with van der Waals surface area (Å²) in [5.41, 5.74) is 0. The number of carbonyl (C=O) groups is 1. The second-order valence-electron chi connectivity index (χ2n) is 7.77. The van der Waals surface area contributed by atoms with Crippen molar-refractivity contribution in [1.82, 2.24) is 0 Å². The molecule has 1 nitrogen and oxygen atoms in total. The summed E-state index contributed by atoms with van der Waals surface area (Å²) in [7, 11) is 0. The van der Waals surface area contributed by atoms with Gasteiger partial charge in [0.2, 0.25) is 0 Å². The molecule has 0 amide bonds. The molecule has 2 saturated carbocycles. The Morgan fingerprint density at radius 3 is 2.05 bits per heavy atom. The Balaban J connectivity index is 1.71. The molecule has 0 aromatic carbocycles. The van der Waals surface area contributed by atoms with E-state index in [2.05, 4.69) is 13.8 Å². The number of hydrogen-bond acceptors (Lipinski definition) is 1. The van der Waals surface area contributed by atoms with Crippen LogP contribution in [0, 0.1) is 23.7 Å². The van der Waals surface area contributed by atoms with Gasteiger partial charge in [-0.05, 0) is 49.9 Å². The zero-order valence-corrected chi connectivity index (χ0v) is 14.4. The molecule has 0 aromatic rings. The van der Waals surface area contributed by atoms with Crippen LogP contribution in [0.25, 0.3) is 0 Å². The molecule has 0 bridgehead atoms. The van der Waals surface area contributed by atoms with E-state index in [1.165, 1.54) is 70.6 Å². The number of hydrogen-bond donors (Lipinski definition) is 0. The van der Waals surface area contributed by atoms with Gasteiger partial charge in [0.15, 0.2) is 0 Å². The summed E-state index contributed by atoms with van der Waals surface area (Å²) in [6.07, 6.45) is 17.0. The van der Waals surface area contributed by atoms with Crippen molar-refractivity contribution >= 4 is 5.78 Å². The topological polar surface area (TPSA) is 17.1 Å². The largest absolute Gasteiger partial charge is 0.299 e. The first-order valence-corrected chi connectivity index (χ1v) is 9.77. The van der Waals surface area contributed by atoms with Gasteiger partial charge in [0.25, 0.3) is 0 Å². The quantitative estimate of drug-likeness (QED) is 0.549. The second-order valence-corrected chi connectivity index (χ2v) is 7.77. The first-order chi connectivity index (χ1) is 10.2. The Bertz CT molecular complexity index is 301. The van der Waals surface area contributed by atoms with Crippen LogP contribution in [0.1, 0.15) is 97.3 Å². The Kier molecular flexibility index (Phi) is 7.26. The van der Waals surface area contributed by atoms with Crippen molar-refractivity contribution < 1.29 is 4.79 Å². The van der Waals surface area contributed by atoms with Gasteiger partial charge in [-0.1, -0.05) is 58.8 Å². The van der Waals surface area contributed by atoms with E-state index in [0.717, 1.165) is 30.6 Å². The molecule has 2 fully saturated rings. The predicted molar refractivity (Wildman–Crippen MR) is 90.3 cm³/mol. The molecular weight excluding hydrogens is 256 g/mol. The van der Waals surface area contributed by atoms with Crippen LogP contribution < -0.4 is 0 Å². The van der Waals surface area contributed by atoms with E-state index in [1.807, 2.05) is 0 Å². The Hall–Kier alpha value is -0.330. The standard InChI is InChI=1S/C20H36O/c1-3-5-7-16-9-11-17(12-10-16)19-14-13-18(8-6-4-2)20(21)15-19/h16-19H,3-15H2,1-2H3/t16-,17-,18?,19?. The predicted octanol–water partition coefficient (Wildman–Crippen LogP) is 6.16. The van der Waals surface area contributed by atoms with Gasteiger partial charge in [0, 0.05) is 12.3 Å². The van der Waals surface area contributed by atoms with E-state index in [-0.39, 0.29) is 0 Å². The van der Waals surface area contributed by atoms with Crippen LogP contribution in [0.3, 0.4) is 0 Å². The summed E-state index contributed by atoms with van der Waals surface area (Å²) in [6.45, 7) is 4.53. The lowest BCUT2D eigenvalue weighted by Gasteiger charge is -2.37. The number of rotatable bonds is 7. The molecule has 122 valence electrons. The van der Waals surface area contributed by atoms with E-state index in [0.29, 0.717) is 11.7 Å². The smallest absolute Gasteiger partial charge is 0.136 e. The third-order valence-electron chi connectivity index (χ3n) is 6.23. The monoisotopic (exact) mass is 292 g/mol. The van der Waals surface area contributed by atoms with Crippen molar-refractivity contribution in [3.8, 4) is 0 Å². The number of unbranched alkanes of at least 4 members (excludes halogenated alkanes) is 2. The summed E-state index contributed by atoms with van der Waals surface area (Å²) in [6, 6.07) is 0. The van der Waals surface area contributed by atoms with Crippen molar-refractivity contribution in [1.29, 1.82) is 0 Å². The fraction of sp³-hybridized carbons (Fsp3) is 0.950. The van der Waals surface area contributed by atoms with E-state index >= 15 is 0 Å². The molecule has 0 radical (unpaired) electrons. The second kappa shape index (κ2) is 8.96. The fourth-order valence-corrected chi connectivity index (χ4v) is 4.70.